The molecule has 0 radical (unpaired) electrons. The highest BCUT2D eigenvalue weighted by molar-refractivity contribution is 5.86. The highest BCUT2D eigenvalue weighted by Crippen LogP contribution is 2.42. The summed E-state index contributed by atoms with van der Waals surface area (Å²) in [6.07, 6.45) is 11.0. The Labute approximate surface area is 115 Å². The predicted molar refractivity (Wildman–Crippen MR) is 73.6 cm³/mol. The topological polar surface area (TPSA) is 64.4 Å². The van der Waals surface area contributed by atoms with E-state index in [0.29, 0.717) is 24.7 Å². The van der Waals surface area contributed by atoms with Crippen molar-refractivity contribution in [1.29, 1.82) is 0 Å². The summed E-state index contributed by atoms with van der Waals surface area (Å²) in [4.78, 5) is 12.0. The second-order valence-electron chi connectivity index (χ2n) is 6.60. The lowest BCUT2D eigenvalue weighted by Crippen LogP contribution is -2.61. The predicted octanol–water partition coefficient (Wildman–Crippen LogP) is 1.72. The molecule has 0 spiro atoms. The monoisotopic (exact) mass is 266 g/mol. The van der Waals surface area contributed by atoms with Crippen LogP contribution in [0.4, 0.5) is 0 Å². The van der Waals surface area contributed by atoms with Gasteiger partial charge in [0, 0.05) is 6.04 Å². The quantitative estimate of drug-likeness (QED) is 0.737. The molecule has 4 nitrogen and oxygen atoms in total. The van der Waals surface area contributed by atoms with Gasteiger partial charge < -0.3 is 10.5 Å². The van der Waals surface area contributed by atoms with Crippen LogP contribution in [0.25, 0.3) is 0 Å². The Morgan fingerprint density at radius 1 is 1.11 bits per heavy atom. The van der Waals surface area contributed by atoms with E-state index in [1.807, 2.05) is 0 Å². The number of primary amides is 1. The zero-order valence-corrected chi connectivity index (χ0v) is 11.7. The summed E-state index contributed by atoms with van der Waals surface area (Å²) in [7, 11) is 0. The van der Waals surface area contributed by atoms with Crippen molar-refractivity contribution >= 4 is 5.91 Å². The van der Waals surface area contributed by atoms with Crippen LogP contribution in [0.3, 0.4) is 0 Å². The first-order valence-electron chi connectivity index (χ1n) is 7.90. The SMILES string of the molecule is NC(=O)C(COC1CCCCC1)(NC1CC1)C1CC1. The lowest BCUT2D eigenvalue weighted by atomic mass is 9.92. The van der Waals surface area contributed by atoms with Gasteiger partial charge in [0.1, 0.15) is 5.54 Å². The van der Waals surface area contributed by atoms with Gasteiger partial charge in [0.15, 0.2) is 0 Å². The van der Waals surface area contributed by atoms with Crippen LogP contribution >= 0.6 is 0 Å². The fraction of sp³-hybridized carbons (Fsp3) is 0.933. The molecular formula is C15H26N2O2. The number of hydrogen-bond donors (Lipinski definition) is 2. The molecular weight excluding hydrogens is 240 g/mol. The summed E-state index contributed by atoms with van der Waals surface area (Å²) in [6, 6.07) is 0.489. The Morgan fingerprint density at radius 3 is 2.32 bits per heavy atom. The van der Waals surface area contributed by atoms with Crippen LogP contribution in [0.15, 0.2) is 0 Å². The minimum Gasteiger partial charge on any atom is -0.376 e. The molecule has 0 aromatic carbocycles. The molecule has 3 N–H and O–H groups in total. The Kier molecular flexibility index (Phi) is 3.81. The third-order valence-electron chi connectivity index (χ3n) is 4.85. The molecule has 0 heterocycles. The van der Waals surface area contributed by atoms with E-state index < -0.39 is 5.54 Å². The molecule has 0 saturated heterocycles. The number of hydrogen-bond acceptors (Lipinski definition) is 3. The highest BCUT2D eigenvalue weighted by atomic mass is 16.5. The van der Waals surface area contributed by atoms with Crippen molar-refractivity contribution in [2.45, 2.75) is 75.5 Å². The van der Waals surface area contributed by atoms with Gasteiger partial charge in [0.25, 0.3) is 0 Å². The summed E-state index contributed by atoms with van der Waals surface area (Å²) in [5.74, 6) is 0.187. The summed E-state index contributed by atoms with van der Waals surface area (Å²) < 4.78 is 6.08. The van der Waals surface area contributed by atoms with Crippen molar-refractivity contribution in [3.8, 4) is 0 Å². The summed E-state index contributed by atoms with van der Waals surface area (Å²) in [5, 5.41) is 3.51. The summed E-state index contributed by atoms with van der Waals surface area (Å²) in [6.45, 7) is 0.480. The molecule has 0 bridgehead atoms. The minimum absolute atomic E-state index is 0.210. The highest BCUT2D eigenvalue weighted by Gasteiger charge is 2.52. The average Bonchev–Trinajstić information content (AvgIpc) is 3.28. The third kappa shape index (κ3) is 3.11. The van der Waals surface area contributed by atoms with Crippen LogP contribution < -0.4 is 11.1 Å². The Bertz CT molecular complexity index is 333. The smallest absolute Gasteiger partial charge is 0.240 e. The zero-order chi connectivity index (χ0) is 13.3. The van der Waals surface area contributed by atoms with E-state index in [9.17, 15) is 4.79 Å². The number of rotatable bonds is 7. The lowest BCUT2D eigenvalue weighted by molar-refractivity contribution is -0.130. The molecule has 0 aromatic rings. The summed E-state index contributed by atoms with van der Waals surface area (Å²) in [5.41, 5.74) is 5.14. The third-order valence-corrected chi connectivity index (χ3v) is 4.85. The van der Waals surface area contributed by atoms with E-state index in [1.54, 1.807) is 0 Å². The van der Waals surface area contributed by atoms with Crippen molar-refractivity contribution in [3.05, 3.63) is 0 Å². The maximum absolute atomic E-state index is 12.0. The Balaban J connectivity index is 1.61. The number of carbonyl (C=O) groups excluding carboxylic acids is 1. The largest absolute Gasteiger partial charge is 0.376 e. The maximum atomic E-state index is 12.0. The maximum Gasteiger partial charge on any atom is 0.240 e. The molecule has 3 aliphatic rings. The minimum atomic E-state index is -0.585. The molecule has 19 heavy (non-hydrogen) atoms. The van der Waals surface area contributed by atoms with Crippen LogP contribution in [-0.2, 0) is 9.53 Å². The molecule has 3 rings (SSSR count). The normalized spacial score (nSPS) is 28.0. The van der Waals surface area contributed by atoms with Crippen LogP contribution in [0.5, 0.6) is 0 Å². The first-order valence-corrected chi connectivity index (χ1v) is 7.90. The van der Waals surface area contributed by atoms with Crippen molar-refractivity contribution in [1.82, 2.24) is 5.32 Å². The van der Waals surface area contributed by atoms with Crippen LogP contribution in [0.1, 0.15) is 57.8 Å². The van der Waals surface area contributed by atoms with Gasteiger partial charge >= 0.3 is 0 Å². The van der Waals surface area contributed by atoms with Crippen molar-refractivity contribution in [2.24, 2.45) is 11.7 Å². The Hall–Kier alpha value is -0.610. The number of amides is 1. The molecule has 0 aromatic heterocycles. The fourth-order valence-corrected chi connectivity index (χ4v) is 3.27. The first-order chi connectivity index (χ1) is 9.21. The molecule has 3 saturated carbocycles. The molecule has 4 heteroatoms. The fourth-order valence-electron chi connectivity index (χ4n) is 3.27. The standard InChI is InChI=1S/C15H26N2O2/c16-14(18)15(11-6-7-11,17-12-8-9-12)10-19-13-4-2-1-3-5-13/h11-13,17H,1-10H2,(H2,16,18). The zero-order valence-electron chi connectivity index (χ0n) is 11.7. The van der Waals surface area contributed by atoms with Gasteiger partial charge in [-0.1, -0.05) is 19.3 Å². The van der Waals surface area contributed by atoms with E-state index in [-0.39, 0.29) is 5.91 Å². The van der Waals surface area contributed by atoms with Crippen molar-refractivity contribution in [2.75, 3.05) is 6.61 Å². The van der Waals surface area contributed by atoms with E-state index in [0.717, 1.165) is 25.7 Å². The van der Waals surface area contributed by atoms with Gasteiger partial charge in [0.2, 0.25) is 5.91 Å². The van der Waals surface area contributed by atoms with Crippen LogP contribution in [-0.4, -0.2) is 30.2 Å². The first kappa shape index (κ1) is 13.4. The van der Waals surface area contributed by atoms with Gasteiger partial charge in [-0.3, -0.25) is 10.1 Å². The van der Waals surface area contributed by atoms with E-state index >= 15 is 0 Å². The number of carbonyl (C=O) groups is 1. The van der Waals surface area contributed by atoms with Gasteiger partial charge in [-0.2, -0.15) is 0 Å². The second-order valence-corrected chi connectivity index (χ2v) is 6.60. The molecule has 3 aliphatic carbocycles. The van der Waals surface area contributed by atoms with Gasteiger partial charge in [-0.15, -0.1) is 0 Å². The van der Waals surface area contributed by atoms with E-state index in [4.69, 9.17) is 10.5 Å². The van der Waals surface area contributed by atoms with Gasteiger partial charge in [-0.05, 0) is 44.4 Å². The second kappa shape index (κ2) is 5.41. The summed E-state index contributed by atoms with van der Waals surface area (Å²) >= 11 is 0. The van der Waals surface area contributed by atoms with Crippen LogP contribution in [0.2, 0.25) is 0 Å². The van der Waals surface area contributed by atoms with E-state index in [2.05, 4.69) is 5.32 Å². The molecule has 1 amide bonds. The lowest BCUT2D eigenvalue weighted by Gasteiger charge is -2.34. The van der Waals surface area contributed by atoms with Gasteiger partial charge in [-0.25, -0.2) is 0 Å². The molecule has 1 atom stereocenters. The Morgan fingerprint density at radius 2 is 1.79 bits per heavy atom. The van der Waals surface area contributed by atoms with Crippen molar-refractivity contribution in [3.63, 3.8) is 0 Å². The molecule has 0 aliphatic heterocycles. The molecule has 1 unspecified atom stereocenters. The number of nitrogens with one attached hydrogen (secondary N) is 1. The number of ether oxygens (including phenoxy) is 1. The van der Waals surface area contributed by atoms with Crippen molar-refractivity contribution < 1.29 is 9.53 Å². The van der Waals surface area contributed by atoms with Crippen LogP contribution in [0, 0.1) is 5.92 Å². The van der Waals surface area contributed by atoms with Gasteiger partial charge in [0.05, 0.1) is 12.7 Å². The average molecular weight is 266 g/mol. The van der Waals surface area contributed by atoms with E-state index in [1.165, 1.54) is 32.1 Å². The number of nitrogens with two attached hydrogens (primary N) is 1. The molecule has 108 valence electrons. The molecule has 3 fully saturated rings.